The SMILES string of the molecule is CCOC(=O)[C@H](C)[C@H]1[C@H](O[Si](C)(C)C(C)(C)C)[C@@H](O[Si](C)(C)C(C)(C)C)[C@@H]2[C@@H](C(=O)OC)[C@H](C(=O)OC)ON21. The highest BCUT2D eigenvalue weighted by molar-refractivity contribution is 6.74. The summed E-state index contributed by atoms with van der Waals surface area (Å²) in [5.74, 6) is -3.47. The van der Waals surface area contributed by atoms with Gasteiger partial charge < -0.3 is 23.1 Å². The number of nitrogens with zero attached hydrogens (tertiary/aromatic N) is 1. The van der Waals surface area contributed by atoms with Gasteiger partial charge in [0.1, 0.15) is 5.92 Å². The van der Waals surface area contributed by atoms with Crippen LogP contribution in [0.25, 0.3) is 0 Å². The lowest BCUT2D eigenvalue weighted by Crippen LogP contribution is -2.57. The van der Waals surface area contributed by atoms with Crippen LogP contribution in [-0.4, -0.2) is 90.8 Å². The molecule has 0 saturated carbocycles. The number of hydrogen-bond acceptors (Lipinski definition) is 10. The van der Waals surface area contributed by atoms with Crippen LogP contribution in [0.3, 0.4) is 0 Å². The summed E-state index contributed by atoms with van der Waals surface area (Å²) in [5, 5.41) is 1.28. The zero-order valence-corrected chi connectivity index (χ0v) is 28.4. The van der Waals surface area contributed by atoms with Gasteiger partial charge in [-0.3, -0.25) is 14.4 Å². The highest BCUT2D eigenvalue weighted by Crippen LogP contribution is 2.50. The Hall–Kier alpha value is -1.32. The second-order valence-electron chi connectivity index (χ2n) is 13.7. The molecule has 0 radical (unpaired) electrons. The lowest BCUT2D eigenvalue weighted by atomic mass is 9.90. The normalized spacial score (nSPS) is 29.1. The highest BCUT2D eigenvalue weighted by atomic mass is 28.4. The van der Waals surface area contributed by atoms with Crippen molar-refractivity contribution in [3.8, 4) is 0 Å². The Morgan fingerprint density at radius 2 is 1.31 bits per heavy atom. The summed E-state index contributed by atoms with van der Waals surface area (Å²) in [6.07, 6.45) is -2.56. The van der Waals surface area contributed by atoms with Crippen LogP contribution in [-0.2, 0) is 42.3 Å². The quantitative estimate of drug-likeness (QED) is 0.219. The third kappa shape index (κ3) is 6.61. The van der Waals surface area contributed by atoms with Gasteiger partial charge in [-0.1, -0.05) is 48.5 Å². The van der Waals surface area contributed by atoms with Gasteiger partial charge >= 0.3 is 17.9 Å². The second kappa shape index (κ2) is 11.9. The summed E-state index contributed by atoms with van der Waals surface area (Å²) in [7, 11) is -2.37. The summed E-state index contributed by atoms with van der Waals surface area (Å²) in [6.45, 7) is 25.1. The lowest BCUT2D eigenvalue weighted by Gasteiger charge is -2.45. The first-order chi connectivity index (χ1) is 17.7. The van der Waals surface area contributed by atoms with Crippen molar-refractivity contribution in [3.63, 3.8) is 0 Å². The van der Waals surface area contributed by atoms with Crippen LogP contribution in [0.1, 0.15) is 55.4 Å². The van der Waals surface area contributed by atoms with E-state index in [2.05, 4.69) is 67.7 Å². The maximum absolute atomic E-state index is 13.3. The number of carbonyl (C=O) groups is 3. The Balaban J connectivity index is 2.80. The van der Waals surface area contributed by atoms with Gasteiger partial charge in [-0.25, -0.2) is 4.79 Å². The van der Waals surface area contributed by atoms with Gasteiger partial charge in [0, 0.05) is 0 Å². The maximum atomic E-state index is 13.3. The Morgan fingerprint density at radius 1 is 0.846 bits per heavy atom. The van der Waals surface area contributed by atoms with Crippen LogP contribution in [0, 0.1) is 11.8 Å². The minimum atomic E-state index is -2.46. The molecule has 0 amide bonds. The molecule has 0 aromatic rings. The van der Waals surface area contributed by atoms with Crippen LogP contribution in [0.5, 0.6) is 0 Å². The molecule has 0 aliphatic carbocycles. The first-order valence-electron chi connectivity index (χ1n) is 13.8. The predicted octanol–water partition coefficient (Wildman–Crippen LogP) is 4.30. The molecule has 2 aliphatic heterocycles. The summed E-state index contributed by atoms with van der Waals surface area (Å²) >= 11 is 0. The number of rotatable bonds is 9. The molecular formula is C27H51NO9Si2. The van der Waals surface area contributed by atoms with Crippen molar-refractivity contribution < 1.29 is 42.3 Å². The molecule has 2 aliphatic rings. The minimum Gasteiger partial charge on any atom is -0.469 e. The number of fused-ring (bicyclic) bond motifs is 1. The molecule has 0 unspecified atom stereocenters. The average Bonchev–Trinajstić information content (AvgIpc) is 3.31. The van der Waals surface area contributed by atoms with Gasteiger partial charge in [0.15, 0.2) is 22.7 Å². The minimum absolute atomic E-state index is 0.142. The molecular weight excluding hydrogens is 538 g/mol. The van der Waals surface area contributed by atoms with Crippen LogP contribution in [0.4, 0.5) is 0 Å². The Bertz CT molecular complexity index is 912. The van der Waals surface area contributed by atoms with Gasteiger partial charge in [0.25, 0.3) is 0 Å². The number of ether oxygens (including phenoxy) is 3. The first kappa shape index (κ1) is 33.9. The van der Waals surface area contributed by atoms with E-state index in [1.54, 1.807) is 18.9 Å². The van der Waals surface area contributed by atoms with Gasteiger partial charge in [0.2, 0.25) is 0 Å². The number of hydroxylamine groups is 2. The molecule has 12 heteroatoms. The van der Waals surface area contributed by atoms with E-state index in [1.165, 1.54) is 14.2 Å². The fraction of sp³-hybridized carbons (Fsp3) is 0.889. The number of esters is 3. The number of hydrogen-bond donors (Lipinski definition) is 0. The molecule has 226 valence electrons. The molecule has 2 rings (SSSR count). The molecule has 0 aromatic carbocycles. The van der Waals surface area contributed by atoms with Crippen molar-refractivity contribution in [2.24, 2.45) is 11.8 Å². The molecule has 2 fully saturated rings. The van der Waals surface area contributed by atoms with E-state index >= 15 is 0 Å². The molecule has 0 N–H and O–H groups in total. The second-order valence-corrected chi connectivity index (χ2v) is 23.2. The molecule has 0 aromatic heterocycles. The Labute approximate surface area is 236 Å². The van der Waals surface area contributed by atoms with Crippen molar-refractivity contribution in [2.75, 3.05) is 20.8 Å². The van der Waals surface area contributed by atoms with Crippen LogP contribution >= 0.6 is 0 Å². The zero-order valence-electron chi connectivity index (χ0n) is 26.4. The first-order valence-corrected chi connectivity index (χ1v) is 19.6. The summed E-state index contributed by atoms with van der Waals surface area (Å²) in [6, 6.07) is -1.42. The highest BCUT2D eigenvalue weighted by Gasteiger charge is 2.67. The number of methoxy groups -OCH3 is 2. The van der Waals surface area contributed by atoms with E-state index in [9.17, 15) is 14.4 Å². The Morgan fingerprint density at radius 3 is 1.72 bits per heavy atom. The van der Waals surface area contributed by atoms with Crippen molar-refractivity contribution in [1.82, 2.24) is 5.06 Å². The summed E-state index contributed by atoms with van der Waals surface area (Å²) < 4.78 is 29.7. The molecule has 10 nitrogen and oxygen atoms in total. The van der Waals surface area contributed by atoms with Crippen LogP contribution in [0.2, 0.25) is 36.3 Å². The smallest absolute Gasteiger partial charge is 0.338 e. The largest absolute Gasteiger partial charge is 0.469 e. The molecule has 2 saturated heterocycles. The monoisotopic (exact) mass is 589 g/mol. The zero-order chi connectivity index (χ0) is 30.3. The van der Waals surface area contributed by atoms with E-state index in [0.29, 0.717) is 0 Å². The van der Waals surface area contributed by atoms with E-state index in [-0.39, 0.29) is 16.7 Å². The fourth-order valence-electron chi connectivity index (χ4n) is 4.69. The van der Waals surface area contributed by atoms with Crippen LogP contribution < -0.4 is 0 Å². The van der Waals surface area contributed by atoms with Crippen molar-refractivity contribution in [2.45, 2.75) is 122 Å². The third-order valence-corrected chi connectivity index (χ3v) is 18.0. The van der Waals surface area contributed by atoms with E-state index in [1.807, 2.05) is 0 Å². The lowest BCUT2D eigenvalue weighted by molar-refractivity contribution is -0.207. The van der Waals surface area contributed by atoms with E-state index in [4.69, 9.17) is 27.9 Å². The maximum Gasteiger partial charge on any atom is 0.338 e. The topological polar surface area (TPSA) is 110 Å². The molecule has 0 spiro atoms. The standard InChI is InChI=1S/C27H51NO9Si2/c1-15-34-23(29)16(2)18-21(36-38(11,12)26(3,4)5)22(37-39(13,14)27(6,7)8)19-17(24(30)32-9)20(25(31)33-10)35-28(18)19/h16-22H,15H2,1-14H3/t16-,17-,18+,19+,20-,21+,22+/m1/s1. The van der Waals surface area contributed by atoms with Gasteiger partial charge in [-0.15, -0.1) is 0 Å². The van der Waals surface area contributed by atoms with Crippen molar-refractivity contribution in [1.29, 1.82) is 0 Å². The van der Waals surface area contributed by atoms with Crippen LogP contribution in [0.15, 0.2) is 0 Å². The molecule has 39 heavy (non-hydrogen) atoms. The fourth-order valence-corrected chi connectivity index (χ4v) is 7.30. The van der Waals surface area contributed by atoms with Gasteiger partial charge in [0.05, 0.1) is 51.0 Å². The van der Waals surface area contributed by atoms with E-state index < -0.39 is 76.8 Å². The van der Waals surface area contributed by atoms with Crippen molar-refractivity contribution in [3.05, 3.63) is 0 Å². The van der Waals surface area contributed by atoms with Gasteiger partial charge in [-0.05, 0) is 43.2 Å². The Kier molecular flexibility index (Phi) is 10.3. The summed E-state index contributed by atoms with van der Waals surface area (Å²) in [5.41, 5.74) is 0. The molecule has 0 bridgehead atoms. The predicted molar refractivity (Wildman–Crippen MR) is 152 cm³/mol. The summed E-state index contributed by atoms with van der Waals surface area (Å²) in [4.78, 5) is 45.5. The number of carbonyl (C=O) groups excluding carboxylic acids is 3. The van der Waals surface area contributed by atoms with Gasteiger partial charge in [-0.2, -0.15) is 5.06 Å². The van der Waals surface area contributed by atoms with Crippen molar-refractivity contribution >= 4 is 34.5 Å². The van der Waals surface area contributed by atoms with E-state index in [0.717, 1.165) is 0 Å². The molecule has 7 atom stereocenters. The molecule has 2 heterocycles. The third-order valence-electron chi connectivity index (χ3n) is 9.07. The average molecular weight is 590 g/mol.